The number of ether oxygens (including phenoxy) is 4. The van der Waals surface area contributed by atoms with Crippen LogP contribution in [0.2, 0.25) is 5.04 Å². The van der Waals surface area contributed by atoms with Crippen LogP contribution in [0.3, 0.4) is 0 Å². The van der Waals surface area contributed by atoms with Gasteiger partial charge in [-0.05, 0) is 26.9 Å². The van der Waals surface area contributed by atoms with Gasteiger partial charge in [0.15, 0.2) is 12.6 Å². The maximum atomic E-state index is 9.57. The molecule has 5 rings (SSSR count). The van der Waals surface area contributed by atoms with E-state index in [1.54, 1.807) is 0 Å². The van der Waals surface area contributed by atoms with E-state index in [-0.39, 0.29) is 47.9 Å². The molecule has 3 aliphatic heterocycles. The Labute approximate surface area is 266 Å². The highest BCUT2D eigenvalue weighted by molar-refractivity contribution is 7.97. The summed E-state index contributed by atoms with van der Waals surface area (Å²) in [5, 5.41) is 6.21. The molecule has 0 aliphatic carbocycles. The van der Waals surface area contributed by atoms with Crippen LogP contribution in [0.5, 0.6) is 0 Å². The molecule has 0 aromatic heterocycles. The Balaban J connectivity index is 1.49. The number of hydrogen-bond donors (Lipinski definition) is 0. The lowest BCUT2D eigenvalue weighted by Crippen LogP contribution is -2.68. The van der Waals surface area contributed by atoms with Gasteiger partial charge in [0.25, 0.3) is 8.32 Å². The van der Waals surface area contributed by atoms with Gasteiger partial charge in [-0.1, -0.05) is 115 Å². The van der Waals surface area contributed by atoms with Gasteiger partial charge in [-0.2, -0.15) is 0 Å². The van der Waals surface area contributed by atoms with E-state index >= 15 is 0 Å². The molecule has 13 heteroatoms. The largest absolute Gasteiger partial charge is 0.405 e. The van der Waals surface area contributed by atoms with E-state index in [2.05, 4.69) is 93.2 Å². The Morgan fingerprint density at radius 1 is 0.932 bits per heavy atom. The van der Waals surface area contributed by atoms with E-state index in [4.69, 9.17) is 43.0 Å². The summed E-state index contributed by atoms with van der Waals surface area (Å²) in [6.07, 6.45) is -2.91. The lowest BCUT2D eigenvalue weighted by atomic mass is 9.85. The van der Waals surface area contributed by atoms with Crippen LogP contribution in [0.1, 0.15) is 41.5 Å². The Hall–Kier alpha value is -1.71. The van der Waals surface area contributed by atoms with Crippen LogP contribution in [0.15, 0.2) is 65.8 Å². The van der Waals surface area contributed by atoms with Gasteiger partial charge in [0.2, 0.25) is 0 Å². The fraction of sp³-hybridized carbons (Fsp3) is 0.613. The molecule has 0 spiro atoms. The van der Waals surface area contributed by atoms with Crippen molar-refractivity contribution in [2.24, 2.45) is 22.9 Å². The van der Waals surface area contributed by atoms with Crippen LogP contribution in [-0.4, -0.2) is 79.7 Å². The van der Waals surface area contributed by atoms with Crippen LogP contribution in [0.25, 0.3) is 10.4 Å². The quantitative estimate of drug-likeness (QED) is 0.121. The lowest BCUT2D eigenvalue weighted by Gasteiger charge is -2.49. The Morgan fingerprint density at radius 2 is 1.55 bits per heavy atom. The minimum atomic E-state index is -2.87. The molecule has 10 atom stereocenters. The number of nitrogens with zero attached hydrogens (tertiary/aromatic N) is 3. The Kier molecular flexibility index (Phi) is 10.7. The van der Waals surface area contributed by atoms with Gasteiger partial charge in [-0.25, -0.2) is 0 Å². The van der Waals surface area contributed by atoms with Gasteiger partial charge in [0.1, 0.15) is 27.3 Å². The zero-order valence-electron chi connectivity index (χ0n) is 26.4. The molecule has 9 nitrogen and oxygen atoms in total. The molecule has 3 aliphatic rings. The molecule has 3 fully saturated rings. The Bertz CT molecular complexity index is 1250. The number of hydrogen-bond acceptors (Lipinski definition) is 7. The van der Waals surface area contributed by atoms with Crippen molar-refractivity contribution in [3.63, 3.8) is 0 Å². The summed E-state index contributed by atoms with van der Waals surface area (Å²) in [6, 6.07) is 20.1. The van der Waals surface area contributed by atoms with Crippen molar-refractivity contribution in [3.05, 3.63) is 71.1 Å². The first-order valence-corrected chi connectivity index (χ1v) is 18.6. The van der Waals surface area contributed by atoms with Gasteiger partial charge in [0.05, 0.1) is 31.5 Å². The second-order valence-corrected chi connectivity index (χ2v) is 18.4. The van der Waals surface area contributed by atoms with Crippen LogP contribution in [0, 0.1) is 17.8 Å². The molecule has 4 radical (unpaired) electrons. The summed E-state index contributed by atoms with van der Waals surface area (Å²) < 4.78 is 38.7. The van der Waals surface area contributed by atoms with Crippen molar-refractivity contribution < 1.29 is 27.9 Å². The maximum absolute atomic E-state index is 9.57. The van der Waals surface area contributed by atoms with E-state index in [0.29, 0.717) is 6.61 Å². The third-order valence-corrected chi connectivity index (χ3v) is 15.0. The lowest BCUT2D eigenvalue weighted by molar-refractivity contribution is -0.290. The van der Waals surface area contributed by atoms with Gasteiger partial charge < -0.3 is 27.9 Å². The first-order chi connectivity index (χ1) is 21.0. The SMILES string of the molecule is [B]P([B])O[C@@H]1C(N=[N+]=[N-])[C@H](OC2C3COC(O3)[C@@H](C)[C@H]2C)OC(CO[Si](c2ccccc2)(c2ccccc2)C(C)(C)C)[C@H]1C. The molecule has 44 heavy (non-hydrogen) atoms. The fourth-order valence-electron chi connectivity index (χ4n) is 6.95. The highest BCUT2D eigenvalue weighted by atomic mass is 31.1. The third-order valence-electron chi connectivity index (χ3n) is 9.51. The molecule has 2 aromatic carbocycles. The molecule has 3 heterocycles. The van der Waals surface area contributed by atoms with Crippen molar-refractivity contribution in [1.82, 2.24) is 0 Å². The van der Waals surface area contributed by atoms with Gasteiger partial charge >= 0.3 is 0 Å². The van der Waals surface area contributed by atoms with E-state index in [1.165, 1.54) is 10.4 Å². The van der Waals surface area contributed by atoms with Crippen LogP contribution in [0.4, 0.5) is 0 Å². The second-order valence-electron chi connectivity index (χ2n) is 13.2. The highest BCUT2D eigenvalue weighted by Gasteiger charge is 2.54. The molecule has 2 bridgehead atoms. The number of fused-ring (bicyclic) bond motifs is 2. The average Bonchev–Trinajstić information content (AvgIpc) is 3.45. The van der Waals surface area contributed by atoms with Crippen molar-refractivity contribution in [1.29, 1.82) is 0 Å². The first kappa shape index (κ1) is 33.6. The topological polar surface area (TPSA) is 104 Å². The van der Waals surface area contributed by atoms with E-state index < -0.39 is 40.8 Å². The zero-order chi connectivity index (χ0) is 31.6. The number of benzene rings is 2. The molecule has 2 aromatic rings. The fourth-order valence-corrected chi connectivity index (χ4v) is 12.1. The minimum absolute atomic E-state index is 0.112. The van der Waals surface area contributed by atoms with Gasteiger partial charge in [-0.3, -0.25) is 0 Å². The van der Waals surface area contributed by atoms with Gasteiger partial charge in [0, 0.05) is 16.7 Å². The standard InChI is InChI=1S/C31H42B2N3O6PSi/c1-19-20(2)29-37-17-25(40-29)27(19)41-30-26(35-36-34)28(42-43(32)33)21(3)24(39-30)18-38-44(31(4,5)6,22-13-9-7-10-14-22)23-15-11-8-12-16-23/h7-16,19-21,24-30H,17-18H2,1-6H3/t19-,20+,21-,24?,25?,26?,27?,28+,29?,30+/m1/s1. The summed E-state index contributed by atoms with van der Waals surface area (Å²) in [4.78, 5) is 3.13. The van der Waals surface area contributed by atoms with Crippen LogP contribution in [-0.2, 0) is 27.9 Å². The van der Waals surface area contributed by atoms with Crippen LogP contribution < -0.4 is 10.4 Å². The van der Waals surface area contributed by atoms with E-state index in [0.717, 1.165) is 0 Å². The summed E-state index contributed by atoms with van der Waals surface area (Å²) in [7, 11) is 7.38. The first-order valence-electron chi connectivity index (χ1n) is 15.3. The zero-order valence-corrected chi connectivity index (χ0v) is 28.2. The molecule has 0 amide bonds. The van der Waals surface area contributed by atoms with Crippen molar-refractivity contribution in [3.8, 4) is 0 Å². The predicted molar refractivity (Wildman–Crippen MR) is 175 cm³/mol. The highest BCUT2D eigenvalue weighted by Crippen LogP contribution is 2.43. The predicted octanol–water partition coefficient (Wildman–Crippen LogP) is 4.96. The van der Waals surface area contributed by atoms with Gasteiger partial charge in [-0.15, -0.1) is 0 Å². The Morgan fingerprint density at radius 3 is 2.09 bits per heavy atom. The maximum Gasteiger partial charge on any atom is 0.261 e. The average molecular weight is 633 g/mol. The van der Waals surface area contributed by atoms with E-state index in [1.807, 2.05) is 19.1 Å². The van der Waals surface area contributed by atoms with E-state index in [9.17, 15) is 5.53 Å². The molecule has 0 N–H and O–H groups in total. The summed E-state index contributed by atoms with van der Waals surface area (Å²) >= 11 is 0. The molecular formula is C31H42B2N3O6PSi. The summed E-state index contributed by atoms with van der Waals surface area (Å²) in [5.41, 5.74) is 9.57. The third kappa shape index (κ3) is 6.57. The molecule has 3 saturated heterocycles. The normalized spacial score (nSPS) is 34.1. The minimum Gasteiger partial charge on any atom is -0.405 e. The van der Waals surface area contributed by atoms with Crippen molar-refractivity contribution in [2.45, 2.75) is 89.6 Å². The summed E-state index contributed by atoms with van der Waals surface area (Å²) in [5.74, 6) is -0.0523. The number of azide groups is 1. The summed E-state index contributed by atoms with van der Waals surface area (Å²) in [6.45, 7) is 13.6. The smallest absolute Gasteiger partial charge is 0.261 e. The second kappa shape index (κ2) is 14.0. The molecular weight excluding hydrogens is 591 g/mol. The molecule has 5 unspecified atom stereocenters. The van der Waals surface area contributed by atoms with Crippen LogP contribution >= 0.6 is 7.91 Å². The monoisotopic (exact) mass is 633 g/mol. The molecule has 232 valence electrons. The number of rotatable bonds is 10. The van der Waals surface area contributed by atoms with Crippen molar-refractivity contribution >= 4 is 41.7 Å². The van der Waals surface area contributed by atoms with Crippen molar-refractivity contribution in [2.75, 3.05) is 13.2 Å². The molecule has 0 saturated carbocycles.